The number of anilines is 1. The molecular formula is C63H105N9O15. The van der Waals surface area contributed by atoms with Crippen molar-refractivity contribution >= 4 is 58.9 Å². The molecule has 10 atom stereocenters. The molecule has 24 heteroatoms. The minimum atomic E-state index is -0.845. The second-order valence-corrected chi connectivity index (χ2v) is 24.5. The number of rotatable bonds is 38. The second-order valence-electron chi connectivity index (χ2n) is 24.5. The predicted octanol–water partition coefficient (Wildman–Crippen LogP) is 4.55. The van der Waals surface area contributed by atoms with Gasteiger partial charge in [-0.15, -0.1) is 0 Å². The number of likely N-dealkylation sites (N-methyl/N-ethyl adjacent to an activating group) is 2. The molecule has 0 saturated carbocycles. The van der Waals surface area contributed by atoms with Gasteiger partial charge in [-0.25, -0.2) is 5.48 Å². The molecule has 2 fully saturated rings. The highest BCUT2D eigenvalue weighted by Crippen LogP contribution is 2.30. The number of methoxy groups -OCH3 is 2. The molecule has 3 rings (SSSR count). The first-order chi connectivity index (χ1) is 41.1. The van der Waals surface area contributed by atoms with E-state index in [9.17, 15) is 43.2 Å². The van der Waals surface area contributed by atoms with E-state index in [1.807, 2.05) is 74.4 Å². The largest absolute Gasteiger partial charge is 0.481 e. The van der Waals surface area contributed by atoms with Gasteiger partial charge in [-0.1, -0.05) is 86.9 Å². The molecule has 0 aromatic heterocycles. The van der Waals surface area contributed by atoms with E-state index in [1.165, 1.54) is 13.2 Å². The summed E-state index contributed by atoms with van der Waals surface area (Å²) in [7, 11) is 8.47. The van der Waals surface area contributed by atoms with Gasteiger partial charge in [0.15, 0.2) is 0 Å². The van der Waals surface area contributed by atoms with Crippen LogP contribution in [0.25, 0.3) is 0 Å². The molecule has 87 heavy (non-hydrogen) atoms. The summed E-state index contributed by atoms with van der Waals surface area (Å²) in [6, 6.07) is 3.21. The number of piperidine rings is 1. The lowest BCUT2D eigenvalue weighted by atomic mass is 9.89. The van der Waals surface area contributed by atoms with Gasteiger partial charge >= 0.3 is 5.97 Å². The van der Waals surface area contributed by atoms with Gasteiger partial charge in [-0.05, 0) is 94.5 Å². The van der Waals surface area contributed by atoms with Gasteiger partial charge in [0.25, 0.3) is 5.91 Å². The number of likely N-dealkylation sites (tertiary alicyclic amines) is 2. The predicted molar refractivity (Wildman–Crippen MR) is 329 cm³/mol. The Labute approximate surface area is 516 Å². The number of carboxylic acid groups (broad SMARTS) is 1. The fourth-order valence-electron chi connectivity index (χ4n) is 11.3. The topological polar surface area (TPSA) is 293 Å². The van der Waals surface area contributed by atoms with Gasteiger partial charge < -0.3 is 60.0 Å². The van der Waals surface area contributed by atoms with Crippen LogP contribution in [0.3, 0.4) is 0 Å². The van der Waals surface area contributed by atoms with Crippen molar-refractivity contribution < 1.29 is 72.0 Å². The first kappa shape index (κ1) is 75.2. The van der Waals surface area contributed by atoms with E-state index in [1.54, 1.807) is 73.0 Å². The minimum absolute atomic E-state index is 0.00491. The average molecular weight is 1230 g/mol. The first-order valence-corrected chi connectivity index (χ1v) is 31.0. The van der Waals surface area contributed by atoms with E-state index in [0.717, 1.165) is 0 Å². The number of amides is 8. The molecule has 2 saturated heterocycles. The van der Waals surface area contributed by atoms with Crippen molar-refractivity contribution in [3.8, 4) is 0 Å². The van der Waals surface area contributed by atoms with Crippen LogP contribution in [0.2, 0.25) is 0 Å². The van der Waals surface area contributed by atoms with Crippen LogP contribution in [0.4, 0.5) is 5.69 Å². The van der Waals surface area contributed by atoms with Crippen LogP contribution in [-0.2, 0) is 73.5 Å². The van der Waals surface area contributed by atoms with Crippen molar-refractivity contribution in [2.45, 2.75) is 182 Å². The van der Waals surface area contributed by atoms with E-state index >= 15 is 0 Å². The molecule has 0 radical (unpaired) electrons. The molecular weight excluding hydrogens is 1120 g/mol. The van der Waals surface area contributed by atoms with Crippen molar-refractivity contribution in [2.24, 2.45) is 35.5 Å². The van der Waals surface area contributed by atoms with Crippen molar-refractivity contribution in [1.29, 1.82) is 0 Å². The van der Waals surface area contributed by atoms with Gasteiger partial charge in [0.05, 0.1) is 88.0 Å². The zero-order chi connectivity index (χ0) is 65.1. The molecule has 8 amide bonds. The number of carbonyl (C=O) groups is 9. The van der Waals surface area contributed by atoms with Crippen LogP contribution in [0, 0.1) is 35.5 Å². The van der Waals surface area contributed by atoms with E-state index in [-0.39, 0.29) is 111 Å². The maximum absolute atomic E-state index is 14.5. The highest BCUT2D eigenvalue weighted by molar-refractivity contribution is 5.97. The second kappa shape index (κ2) is 38.4. The molecule has 6 N–H and O–H groups in total. The maximum Gasteiger partial charge on any atom is 0.306 e. The third-order valence-electron chi connectivity index (χ3n) is 16.4. The third-order valence-corrected chi connectivity index (χ3v) is 16.4. The Morgan fingerprint density at radius 1 is 0.736 bits per heavy atom. The Morgan fingerprint density at radius 3 is 1.92 bits per heavy atom. The number of nitrogens with one attached hydrogen (secondary N) is 5. The number of nitrogens with zero attached hydrogens (tertiary/aromatic N) is 4. The van der Waals surface area contributed by atoms with Gasteiger partial charge in [0, 0.05) is 65.1 Å². The number of ether oxygens (including phenoxy) is 4. The number of hydroxylamine groups is 1. The zero-order valence-corrected chi connectivity index (χ0v) is 54.5. The number of hydrogen-bond acceptors (Lipinski definition) is 15. The minimum Gasteiger partial charge on any atom is -0.481 e. The summed E-state index contributed by atoms with van der Waals surface area (Å²) < 4.78 is 23.0. The molecule has 0 bridgehead atoms. The maximum atomic E-state index is 14.5. The number of aliphatic carboxylic acids is 1. The first-order valence-electron chi connectivity index (χ1n) is 31.0. The normalized spacial score (nSPS) is 17.9. The zero-order valence-electron chi connectivity index (χ0n) is 54.5. The Morgan fingerprint density at radius 2 is 1.37 bits per heavy atom. The SMILES string of the molecule is CC[C@H](C)[C@@H]([C@@H](CC(=O)N1CCC[C@H]1[C@H](OC)[C@@H](C)C(=O)N[C@H](/C=C/C(=O)NOCc1ccc(NC(=O)[C@@H](C)NC(=O)CCOCCOCCC(=O)N2CCC(C(=O)O)CC2)cc1)CC(C)C)OC)N(C)C(=O)[C@@H](NC(=O)[C@H](C(C)C)N(C)C)C(C)C. The van der Waals surface area contributed by atoms with Crippen LogP contribution in [-0.4, -0.2) is 208 Å². The summed E-state index contributed by atoms with van der Waals surface area (Å²) in [5.74, 6) is -4.49. The molecule has 2 aliphatic heterocycles. The lowest BCUT2D eigenvalue weighted by Gasteiger charge is -2.41. The quantitative estimate of drug-likeness (QED) is 0.0301. The lowest BCUT2D eigenvalue weighted by Crippen LogP contribution is -2.59. The van der Waals surface area contributed by atoms with Gasteiger partial charge in [-0.3, -0.25) is 52.9 Å². The fraction of sp³-hybridized carbons (Fsp3) is 0.730. The Hall–Kier alpha value is -6.05. The molecule has 1 aromatic rings. The number of carbonyl (C=O) groups excluding carboxylic acids is 8. The molecule has 492 valence electrons. The van der Waals surface area contributed by atoms with Crippen LogP contribution in [0.5, 0.6) is 0 Å². The van der Waals surface area contributed by atoms with Crippen molar-refractivity contribution in [3.05, 3.63) is 42.0 Å². The highest BCUT2D eigenvalue weighted by atomic mass is 16.6. The number of hydrogen-bond donors (Lipinski definition) is 6. The summed E-state index contributed by atoms with van der Waals surface area (Å²) in [4.78, 5) is 131. The standard InChI is InChI=1S/C63H105N9O15/c1-16-42(8)57(70(13)62(80)55(40(4)5)67-61(79)56(41(6)7)69(11)12)50(83-14)37-54(76)72-29-17-18-49(72)58(84-15)43(9)59(77)66-48(36-39(2)3)23-24-52(74)68-87-38-45-19-21-47(22-20-45)65-60(78)44(10)64-51(73)27-32-85-34-35-86-33-28-53(75)71-30-25-46(26-31-71)63(81)82/h19-24,39-44,46,48-50,55-58H,16-18,25-38H2,1-15H3,(H,64,73)(H,65,78)(H,66,77)(H,67,79)(H,68,74)(H,81,82)/b24-23+/t42-,43+,44+,48+,49-,50+,55-,56-,57-,58+/m0/s1. The van der Waals surface area contributed by atoms with Crippen LogP contribution < -0.4 is 26.7 Å². The number of benzene rings is 1. The van der Waals surface area contributed by atoms with Crippen molar-refractivity contribution in [1.82, 2.24) is 41.0 Å². The lowest BCUT2D eigenvalue weighted by molar-refractivity contribution is -0.148. The van der Waals surface area contributed by atoms with E-state index in [4.69, 9.17) is 28.9 Å². The molecule has 2 aliphatic rings. The smallest absolute Gasteiger partial charge is 0.306 e. The van der Waals surface area contributed by atoms with Gasteiger partial charge in [0.1, 0.15) is 12.1 Å². The van der Waals surface area contributed by atoms with E-state index in [2.05, 4.69) is 26.7 Å². The Balaban J connectivity index is 1.48. The highest BCUT2D eigenvalue weighted by Gasteiger charge is 2.43. The molecule has 1 aromatic carbocycles. The average Bonchev–Trinajstić information content (AvgIpc) is 3.07. The van der Waals surface area contributed by atoms with E-state index < -0.39 is 78.1 Å². The monoisotopic (exact) mass is 1230 g/mol. The van der Waals surface area contributed by atoms with E-state index in [0.29, 0.717) is 69.4 Å². The summed E-state index contributed by atoms with van der Waals surface area (Å²) in [6.45, 7) is 21.2. The summed E-state index contributed by atoms with van der Waals surface area (Å²) in [6.07, 6.45) is 5.17. The summed E-state index contributed by atoms with van der Waals surface area (Å²) in [5.41, 5.74) is 3.57. The van der Waals surface area contributed by atoms with Gasteiger partial charge in [-0.2, -0.15) is 0 Å². The number of carboxylic acids is 1. The van der Waals surface area contributed by atoms with Crippen LogP contribution >= 0.6 is 0 Å². The fourth-order valence-corrected chi connectivity index (χ4v) is 11.3. The van der Waals surface area contributed by atoms with Crippen molar-refractivity contribution in [2.75, 3.05) is 86.7 Å². The summed E-state index contributed by atoms with van der Waals surface area (Å²) >= 11 is 0. The van der Waals surface area contributed by atoms with Gasteiger partial charge in [0.2, 0.25) is 41.4 Å². The third kappa shape index (κ3) is 24.8. The molecule has 2 heterocycles. The Bertz CT molecular complexity index is 2370. The molecule has 0 unspecified atom stereocenters. The van der Waals surface area contributed by atoms with Crippen LogP contribution in [0.15, 0.2) is 36.4 Å². The van der Waals surface area contributed by atoms with Crippen LogP contribution in [0.1, 0.15) is 133 Å². The molecule has 0 spiro atoms. The Kier molecular flexibility index (Phi) is 33.2. The molecule has 0 aliphatic carbocycles. The molecule has 24 nitrogen and oxygen atoms in total. The van der Waals surface area contributed by atoms with Crippen molar-refractivity contribution in [3.63, 3.8) is 0 Å². The summed E-state index contributed by atoms with van der Waals surface area (Å²) in [5, 5.41) is 20.7.